The number of methoxy groups -OCH3 is 1. The molecular weight excluding hydrogens is 372 g/mol. The normalized spacial score (nSPS) is 12.2. The molecule has 2 N–H and O–H groups in total. The van der Waals surface area contributed by atoms with Crippen molar-refractivity contribution >= 4 is 28.7 Å². The van der Waals surface area contributed by atoms with Crippen molar-refractivity contribution in [2.75, 3.05) is 13.9 Å². The summed E-state index contributed by atoms with van der Waals surface area (Å²) in [4.78, 5) is 24.2. The van der Waals surface area contributed by atoms with E-state index in [0.717, 1.165) is 22.1 Å². The SMILES string of the molecule is COc1ccc2cc(/C=C/C(=O)NNC(=O)c3ccc4c(c3)OCO4)ccc2c1. The van der Waals surface area contributed by atoms with Crippen molar-refractivity contribution in [2.45, 2.75) is 0 Å². The second-order valence-corrected chi connectivity index (χ2v) is 6.32. The van der Waals surface area contributed by atoms with E-state index >= 15 is 0 Å². The lowest BCUT2D eigenvalue weighted by Gasteiger charge is -2.06. The quantitative estimate of drug-likeness (QED) is 0.528. The molecule has 1 aliphatic rings. The van der Waals surface area contributed by atoms with E-state index in [1.54, 1.807) is 31.4 Å². The highest BCUT2D eigenvalue weighted by Gasteiger charge is 2.16. The van der Waals surface area contributed by atoms with Crippen molar-refractivity contribution in [1.29, 1.82) is 0 Å². The third-order valence-electron chi connectivity index (χ3n) is 4.43. The maximum absolute atomic E-state index is 12.2. The number of rotatable bonds is 4. The largest absolute Gasteiger partial charge is 0.497 e. The van der Waals surface area contributed by atoms with E-state index in [4.69, 9.17) is 14.2 Å². The minimum absolute atomic E-state index is 0.129. The average Bonchev–Trinajstić information content (AvgIpc) is 3.23. The van der Waals surface area contributed by atoms with Crippen molar-refractivity contribution in [1.82, 2.24) is 10.9 Å². The van der Waals surface area contributed by atoms with Gasteiger partial charge >= 0.3 is 0 Å². The van der Waals surface area contributed by atoms with Crippen LogP contribution in [0.5, 0.6) is 17.2 Å². The molecule has 0 atom stereocenters. The standard InChI is InChI=1S/C22H18N2O5/c1-27-18-7-5-15-10-14(2-4-16(15)11-18)3-9-21(25)23-24-22(26)17-6-8-19-20(12-17)29-13-28-19/h2-12H,13H2,1H3,(H,23,25)(H,24,26)/b9-3+. The number of carbonyl (C=O) groups is 2. The second kappa shape index (κ2) is 7.93. The molecule has 0 aliphatic carbocycles. The van der Waals surface area contributed by atoms with E-state index in [0.29, 0.717) is 17.1 Å². The van der Waals surface area contributed by atoms with Gasteiger partial charge in [0.1, 0.15) is 5.75 Å². The Hall–Kier alpha value is -4.00. The van der Waals surface area contributed by atoms with Gasteiger partial charge in [-0.05, 0) is 58.8 Å². The first-order valence-corrected chi connectivity index (χ1v) is 8.88. The van der Waals surface area contributed by atoms with E-state index in [1.165, 1.54) is 6.08 Å². The fourth-order valence-corrected chi connectivity index (χ4v) is 2.91. The Morgan fingerprint density at radius 3 is 2.59 bits per heavy atom. The molecule has 0 fully saturated rings. The molecule has 4 rings (SSSR count). The van der Waals surface area contributed by atoms with Crippen LogP contribution < -0.4 is 25.1 Å². The first-order chi connectivity index (χ1) is 14.1. The van der Waals surface area contributed by atoms with E-state index in [1.807, 2.05) is 36.4 Å². The smallest absolute Gasteiger partial charge is 0.269 e. The predicted molar refractivity (Wildman–Crippen MR) is 108 cm³/mol. The van der Waals surface area contributed by atoms with Gasteiger partial charge in [0.15, 0.2) is 11.5 Å². The highest BCUT2D eigenvalue weighted by molar-refractivity contribution is 5.98. The van der Waals surface area contributed by atoms with Gasteiger partial charge in [-0.2, -0.15) is 0 Å². The van der Waals surface area contributed by atoms with Crippen LogP contribution in [0.1, 0.15) is 15.9 Å². The van der Waals surface area contributed by atoms with E-state index < -0.39 is 11.8 Å². The Balaban J connectivity index is 1.36. The molecule has 29 heavy (non-hydrogen) atoms. The molecule has 146 valence electrons. The molecule has 2 amide bonds. The fourth-order valence-electron chi connectivity index (χ4n) is 2.91. The van der Waals surface area contributed by atoms with E-state index in [-0.39, 0.29) is 6.79 Å². The van der Waals surface area contributed by atoms with Crippen molar-refractivity contribution < 1.29 is 23.8 Å². The molecule has 1 aliphatic heterocycles. The third kappa shape index (κ3) is 4.14. The molecule has 3 aromatic carbocycles. The van der Waals surface area contributed by atoms with Crippen LogP contribution in [0.2, 0.25) is 0 Å². The average molecular weight is 390 g/mol. The highest BCUT2D eigenvalue weighted by atomic mass is 16.7. The minimum atomic E-state index is -0.454. The number of carbonyl (C=O) groups excluding carboxylic acids is 2. The van der Waals surface area contributed by atoms with Crippen LogP contribution >= 0.6 is 0 Å². The molecule has 0 saturated heterocycles. The van der Waals surface area contributed by atoms with Gasteiger partial charge in [0.05, 0.1) is 7.11 Å². The zero-order valence-electron chi connectivity index (χ0n) is 15.6. The first kappa shape index (κ1) is 18.4. The van der Waals surface area contributed by atoms with Crippen LogP contribution in [0.25, 0.3) is 16.8 Å². The van der Waals surface area contributed by atoms with Gasteiger partial charge in [-0.15, -0.1) is 0 Å². The maximum atomic E-state index is 12.2. The summed E-state index contributed by atoms with van der Waals surface area (Å²) in [5.74, 6) is 0.970. The Morgan fingerprint density at radius 2 is 1.72 bits per heavy atom. The maximum Gasteiger partial charge on any atom is 0.269 e. The number of hydrogen-bond acceptors (Lipinski definition) is 5. The van der Waals surface area contributed by atoms with Gasteiger partial charge in [0, 0.05) is 11.6 Å². The lowest BCUT2D eigenvalue weighted by Crippen LogP contribution is -2.40. The molecule has 0 aromatic heterocycles. The molecular formula is C22H18N2O5. The summed E-state index contributed by atoms with van der Waals surface area (Å²) in [5.41, 5.74) is 5.94. The molecule has 3 aromatic rings. The molecule has 7 nitrogen and oxygen atoms in total. The lowest BCUT2D eigenvalue weighted by molar-refractivity contribution is -0.117. The summed E-state index contributed by atoms with van der Waals surface area (Å²) < 4.78 is 15.7. The molecule has 0 saturated carbocycles. The fraction of sp³-hybridized carbons (Fsp3) is 0.0909. The summed E-state index contributed by atoms with van der Waals surface area (Å²) in [7, 11) is 1.63. The van der Waals surface area contributed by atoms with Crippen LogP contribution in [0, 0.1) is 0 Å². The molecule has 0 bridgehead atoms. The van der Waals surface area contributed by atoms with Crippen LogP contribution in [0.3, 0.4) is 0 Å². The number of nitrogens with one attached hydrogen (secondary N) is 2. The number of hydrazine groups is 1. The van der Waals surface area contributed by atoms with Crippen LogP contribution in [-0.2, 0) is 4.79 Å². The number of fused-ring (bicyclic) bond motifs is 2. The summed E-state index contributed by atoms with van der Waals surface area (Å²) in [5, 5.41) is 2.08. The Morgan fingerprint density at radius 1 is 0.931 bits per heavy atom. The summed E-state index contributed by atoms with van der Waals surface area (Å²) in [6.45, 7) is 0.129. The van der Waals surface area contributed by atoms with Gasteiger partial charge in [-0.1, -0.05) is 18.2 Å². The monoisotopic (exact) mass is 390 g/mol. The van der Waals surface area contributed by atoms with E-state index in [9.17, 15) is 9.59 Å². The number of hydrogen-bond donors (Lipinski definition) is 2. The Bertz CT molecular complexity index is 1120. The van der Waals surface area contributed by atoms with Crippen LogP contribution in [0.4, 0.5) is 0 Å². The minimum Gasteiger partial charge on any atom is -0.497 e. The van der Waals surface area contributed by atoms with Crippen LogP contribution in [-0.4, -0.2) is 25.7 Å². The Kier molecular flexibility index (Phi) is 5.03. The third-order valence-corrected chi connectivity index (χ3v) is 4.43. The molecule has 0 radical (unpaired) electrons. The molecule has 0 spiro atoms. The molecule has 1 heterocycles. The summed E-state index contributed by atoms with van der Waals surface area (Å²) in [6, 6.07) is 16.4. The molecule has 0 unspecified atom stereocenters. The number of benzene rings is 3. The van der Waals surface area contributed by atoms with Crippen LogP contribution in [0.15, 0.2) is 60.7 Å². The lowest BCUT2D eigenvalue weighted by atomic mass is 10.1. The van der Waals surface area contributed by atoms with Gasteiger partial charge < -0.3 is 14.2 Å². The van der Waals surface area contributed by atoms with Gasteiger partial charge in [-0.3, -0.25) is 20.4 Å². The van der Waals surface area contributed by atoms with Crippen molar-refractivity contribution in [3.05, 3.63) is 71.8 Å². The second-order valence-electron chi connectivity index (χ2n) is 6.32. The number of ether oxygens (including phenoxy) is 3. The van der Waals surface area contributed by atoms with Gasteiger partial charge in [-0.25, -0.2) is 0 Å². The first-order valence-electron chi connectivity index (χ1n) is 8.88. The zero-order chi connectivity index (χ0) is 20.2. The zero-order valence-corrected chi connectivity index (χ0v) is 15.6. The molecule has 7 heteroatoms. The van der Waals surface area contributed by atoms with Gasteiger partial charge in [0.2, 0.25) is 6.79 Å². The summed E-state index contributed by atoms with van der Waals surface area (Å²) >= 11 is 0. The number of amides is 2. The van der Waals surface area contributed by atoms with E-state index in [2.05, 4.69) is 10.9 Å². The highest BCUT2D eigenvalue weighted by Crippen LogP contribution is 2.32. The van der Waals surface area contributed by atoms with Crippen molar-refractivity contribution in [3.8, 4) is 17.2 Å². The Labute approximate surface area is 166 Å². The van der Waals surface area contributed by atoms with Crippen molar-refractivity contribution in [3.63, 3.8) is 0 Å². The van der Waals surface area contributed by atoms with Crippen molar-refractivity contribution in [2.24, 2.45) is 0 Å². The topological polar surface area (TPSA) is 85.9 Å². The summed E-state index contributed by atoms with van der Waals surface area (Å²) in [6.07, 6.45) is 3.02. The predicted octanol–water partition coefficient (Wildman–Crippen LogP) is 3.05. The van der Waals surface area contributed by atoms with Gasteiger partial charge in [0.25, 0.3) is 11.8 Å².